The minimum absolute atomic E-state index is 0.130. The van der Waals surface area contributed by atoms with Gasteiger partial charge in [0.2, 0.25) is 11.8 Å². The van der Waals surface area contributed by atoms with E-state index < -0.39 is 4.92 Å². The molecule has 1 fully saturated rings. The van der Waals surface area contributed by atoms with E-state index in [2.05, 4.69) is 20.7 Å². The standard InChI is InChI=1S/C12H20N6O3/c1-7-10(18(20)21)11(16-12(15-7)17-13)14-5-8-3-2-4-9(8)6-19/h8-9,19H,2-6,13H2,1H3,(H2,14,15,16,17). The zero-order valence-corrected chi connectivity index (χ0v) is 11.9. The average molecular weight is 296 g/mol. The minimum atomic E-state index is -0.504. The van der Waals surface area contributed by atoms with E-state index in [1.807, 2.05) is 0 Å². The van der Waals surface area contributed by atoms with E-state index in [4.69, 9.17) is 5.84 Å². The van der Waals surface area contributed by atoms with Crippen LogP contribution in [-0.2, 0) is 0 Å². The van der Waals surface area contributed by atoms with Gasteiger partial charge in [0.25, 0.3) is 0 Å². The van der Waals surface area contributed by atoms with Gasteiger partial charge in [-0.25, -0.2) is 10.8 Å². The number of nitrogens with one attached hydrogen (secondary N) is 2. The largest absolute Gasteiger partial charge is 0.396 e. The number of nitrogen functional groups attached to an aromatic ring is 1. The second kappa shape index (κ2) is 6.64. The summed E-state index contributed by atoms with van der Waals surface area (Å²) >= 11 is 0. The molecule has 2 rings (SSSR count). The third-order valence-corrected chi connectivity index (χ3v) is 3.95. The summed E-state index contributed by atoms with van der Waals surface area (Å²) in [6.07, 6.45) is 3.06. The molecule has 2 unspecified atom stereocenters. The highest BCUT2D eigenvalue weighted by Gasteiger charge is 2.28. The Labute approximate surface area is 122 Å². The number of nitrogens with two attached hydrogens (primary N) is 1. The van der Waals surface area contributed by atoms with Crippen LogP contribution in [0.4, 0.5) is 17.5 Å². The van der Waals surface area contributed by atoms with Crippen molar-refractivity contribution >= 4 is 17.5 Å². The van der Waals surface area contributed by atoms with Crippen molar-refractivity contribution < 1.29 is 10.0 Å². The number of anilines is 2. The maximum absolute atomic E-state index is 11.2. The molecule has 1 aromatic heterocycles. The lowest BCUT2D eigenvalue weighted by molar-refractivity contribution is -0.385. The van der Waals surface area contributed by atoms with Crippen LogP contribution in [0, 0.1) is 28.9 Å². The molecule has 1 aliphatic carbocycles. The lowest BCUT2D eigenvalue weighted by Crippen LogP contribution is -2.22. The third kappa shape index (κ3) is 3.37. The maximum atomic E-state index is 11.2. The van der Waals surface area contributed by atoms with E-state index in [-0.39, 0.29) is 35.7 Å². The van der Waals surface area contributed by atoms with Crippen LogP contribution in [0.15, 0.2) is 0 Å². The van der Waals surface area contributed by atoms with Gasteiger partial charge in [-0.1, -0.05) is 6.42 Å². The van der Waals surface area contributed by atoms with Gasteiger partial charge in [0.1, 0.15) is 5.69 Å². The fourth-order valence-electron chi connectivity index (χ4n) is 2.82. The zero-order valence-electron chi connectivity index (χ0n) is 11.9. The van der Waals surface area contributed by atoms with E-state index in [0.29, 0.717) is 12.5 Å². The Morgan fingerprint density at radius 2 is 2.14 bits per heavy atom. The lowest BCUT2D eigenvalue weighted by atomic mass is 9.97. The predicted molar refractivity (Wildman–Crippen MR) is 77.6 cm³/mol. The van der Waals surface area contributed by atoms with Gasteiger partial charge in [-0.2, -0.15) is 4.98 Å². The summed E-state index contributed by atoms with van der Waals surface area (Å²) in [7, 11) is 0. The van der Waals surface area contributed by atoms with Crippen LogP contribution in [0.3, 0.4) is 0 Å². The molecule has 116 valence electrons. The first kappa shape index (κ1) is 15.4. The highest BCUT2D eigenvalue weighted by molar-refractivity contribution is 5.60. The first-order valence-electron chi connectivity index (χ1n) is 6.91. The van der Waals surface area contributed by atoms with Gasteiger partial charge in [0.15, 0.2) is 0 Å². The molecular weight excluding hydrogens is 276 g/mol. The van der Waals surface area contributed by atoms with Crippen LogP contribution in [0.2, 0.25) is 0 Å². The number of hydrogen-bond donors (Lipinski definition) is 4. The second-order valence-electron chi connectivity index (χ2n) is 5.25. The molecule has 1 aromatic rings. The molecule has 9 heteroatoms. The van der Waals surface area contributed by atoms with Crippen LogP contribution in [-0.4, -0.2) is 33.1 Å². The molecule has 1 heterocycles. The van der Waals surface area contributed by atoms with Crippen LogP contribution < -0.4 is 16.6 Å². The van der Waals surface area contributed by atoms with E-state index in [1.165, 1.54) is 6.92 Å². The highest BCUT2D eigenvalue weighted by atomic mass is 16.6. The van der Waals surface area contributed by atoms with Crippen molar-refractivity contribution in [2.45, 2.75) is 26.2 Å². The van der Waals surface area contributed by atoms with Crippen molar-refractivity contribution in [2.75, 3.05) is 23.9 Å². The molecule has 1 saturated carbocycles. The summed E-state index contributed by atoms with van der Waals surface area (Å²) < 4.78 is 0. The first-order chi connectivity index (χ1) is 10.1. The molecule has 0 amide bonds. The van der Waals surface area contributed by atoms with Crippen molar-refractivity contribution in [1.29, 1.82) is 0 Å². The molecular formula is C12H20N6O3. The van der Waals surface area contributed by atoms with E-state index in [1.54, 1.807) is 0 Å². The van der Waals surface area contributed by atoms with Gasteiger partial charge < -0.3 is 10.4 Å². The number of hydrazine groups is 1. The zero-order chi connectivity index (χ0) is 15.4. The van der Waals surface area contributed by atoms with Crippen molar-refractivity contribution in [3.05, 3.63) is 15.8 Å². The maximum Gasteiger partial charge on any atom is 0.332 e. The Balaban J connectivity index is 2.18. The monoisotopic (exact) mass is 296 g/mol. The number of nitro groups is 1. The van der Waals surface area contributed by atoms with Gasteiger partial charge in [0, 0.05) is 13.2 Å². The van der Waals surface area contributed by atoms with Crippen molar-refractivity contribution in [3.8, 4) is 0 Å². The molecule has 1 aliphatic rings. The van der Waals surface area contributed by atoms with Gasteiger partial charge in [-0.15, -0.1) is 0 Å². The number of aliphatic hydroxyl groups is 1. The number of rotatable bonds is 6. The van der Waals surface area contributed by atoms with Crippen molar-refractivity contribution in [1.82, 2.24) is 9.97 Å². The number of hydrogen-bond acceptors (Lipinski definition) is 8. The molecule has 0 spiro atoms. The van der Waals surface area contributed by atoms with Gasteiger partial charge in [-0.05, 0) is 31.6 Å². The SMILES string of the molecule is Cc1nc(NN)nc(NCC2CCCC2CO)c1[N+](=O)[O-]. The lowest BCUT2D eigenvalue weighted by Gasteiger charge is -2.18. The molecule has 2 atom stereocenters. The van der Waals surface area contributed by atoms with Crippen LogP contribution >= 0.6 is 0 Å². The number of aliphatic hydroxyl groups excluding tert-OH is 1. The molecule has 9 nitrogen and oxygen atoms in total. The summed E-state index contributed by atoms with van der Waals surface area (Å²) in [6.45, 7) is 2.22. The first-order valence-corrected chi connectivity index (χ1v) is 6.91. The third-order valence-electron chi connectivity index (χ3n) is 3.95. The predicted octanol–water partition coefficient (Wildman–Crippen LogP) is 0.799. The van der Waals surface area contributed by atoms with Crippen LogP contribution in [0.25, 0.3) is 0 Å². The summed E-state index contributed by atoms with van der Waals surface area (Å²) in [5, 5.41) is 23.5. The van der Waals surface area contributed by atoms with E-state index in [0.717, 1.165) is 19.3 Å². The fraction of sp³-hybridized carbons (Fsp3) is 0.667. The smallest absolute Gasteiger partial charge is 0.332 e. The summed E-state index contributed by atoms with van der Waals surface area (Å²) in [4.78, 5) is 18.6. The van der Waals surface area contributed by atoms with Crippen molar-refractivity contribution in [2.24, 2.45) is 17.7 Å². The normalized spacial score (nSPS) is 21.3. The summed E-state index contributed by atoms with van der Waals surface area (Å²) in [5.41, 5.74) is 2.40. The highest BCUT2D eigenvalue weighted by Crippen LogP contribution is 2.33. The van der Waals surface area contributed by atoms with E-state index >= 15 is 0 Å². The topological polar surface area (TPSA) is 139 Å². The molecule has 0 aromatic carbocycles. The van der Waals surface area contributed by atoms with Gasteiger partial charge in [-0.3, -0.25) is 15.5 Å². The minimum Gasteiger partial charge on any atom is -0.396 e. The molecule has 0 aliphatic heterocycles. The van der Waals surface area contributed by atoms with E-state index in [9.17, 15) is 15.2 Å². The summed E-state index contributed by atoms with van der Waals surface area (Å²) in [6, 6.07) is 0. The molecule has 0 radical (unpaired) electrons. The second-order valence-corrected chi connectivity index (χ2v) is 5.25. The van der Waals surface area contributed by atoms with Crippen LogP contribution in [0.5, 0.6) is 0 Å². The Kier molecular flexibility index (Phi) is 4.86. The van der Waals surface area contributed by atoms with Crippen LogP contribution in [0.1, 0.15) is 25.0 Å². The summed E-state index contributed by atoms with van der Waals surface area (Å²) in [5.74, 6) is 6.09. The van der Waals surface area contributed by atoms with Gasteiger partial charge in [0.05, 0.1) is 4.92 Å². The average Bonchev–Trinajstić information content (AvgIpc) is 2.91. The number of nitrogens with zero attached hydrogens (tertiary/aromatic N) is 3. The Hall–Kier alpha value is -2.00. The number of aromatic nitrogens is 2. The van der Waals surface area contributed by atoms with Crippen molar-refractivity contribution in [3.63, 3.8) is 0 Å². The fourth-order valence-corrected chi connectivity index (χ4v) is 2.82. The quantitative estimate of drug-likeness (QED) is 0.343. The molecule has 0 bridgehead atoms. The number of aryl methyl sites for hydroxylation is 1. The van der Waals surface area contributed by atoms with Gasteiger partial charge >= 0.3 is 5.69 Å². The Morgan fingerprint density at radius 1 is 1.43 bits per heavy atom. The Morgan fingerprint density at radius 3 is 2.76 bits per heavy atom. The molecule has 0 saturated heterocycles. The molecule has 5 N–H and O–H groups in total. The molecule has 21 heavy (non-hydrogen) atoms. The Bertz CT molecular complexity index is 524.